The minimum atomic E-state index is 0.00761. The highest BCUT2D eigenvalue weighted by molar-refractivity contribution is 5.46. The summed E-state index contributed by atoms with van der Waals surface area (Å²) < 4.78 is 6.51. The number of nitrogens with one attached hydrogen (secondary N) is 1. The van der Waals surface area contributed by atoms with E-state index in [0.717, 1.165) is 13.0 Å². The van der Waals surface area contributed by atoms with Crippen LogP contribution in [0.4, 0.5) is 0 Å². The molecule has 1 saturated carbocycles. The molecule has 0 aromatic rings. The molecule has 0 aromatic carbocycles. The zero-order chi connectivity index (χ0) is 13.3. The summed E-state index contributed by atoms with van der Waals surface area (Å²) in [6, 6.07) is 0. The van der Waals surface area contributed by atoms with Crippen molar-refractivity contribution in [3.8, 4) is 0 Å². The van der Waals surface area contributed by atoms with Gasteiger partial charge >= 0.3 is 0 Å². The lowest BCUT2D eigenvalue weighted by atomic mass is 9.73. The van der Waals surface area contributed by atoms with Gasteiger partial charge in [0.1, 0.15) is 6.23 Å². The average Bonchev–Trinajstić information content (AvgIpc) is 2.44. The van der Waals surface area contributed by atoms with E-state index in [2.05, 4.69) is 25.2 Å². The van der Waals surface area contributed by atoms with E-state index in [1.54, 1.807) is 11.1 Å². The molecule has 2 aliphatic carbocycles. The second-order valence-corrected chi connectivity index (χ2v) is 6.40. The maximum absolute atomic E-state index is 6.51. The average molecular weight is 261 g/mol. The molecule has 1 unspecified atom stereocenters. The molecular weight excluding hydrogens is 234 g/mol. The lowest BCUT2D eigenvalue weighted by Gasteiger charge is -2.47. The molecule has 0 amide bonds. The van der Waals surface area contributed by atoms with Gasteiger partial charge in [0.05, 0.1) is 5.60 Å². The molecule has 2 nitrogen and oxygen atoms in total. The van der Waals surface area contributed by atoms with Gasteiger partial charge in [0, 0.05) is 0 Å². The summed E-state index contributed by atoms with van der Waals surface area (Å²) in [5, 5.41) is 3.60. The molecule has 3 aliphatic rings. The van der Waals surface area contributed by atoms with Gasteiger partial charge in [-0.3, -0.25) is 5.32 Å². The monoisotopic (exact) mass is 261 g/mol. The maximum Gasteiger partial charge on any atom is 0.135 e. The van der Waals surface area contributed by atoms with Crippen molar-refractivity contribution in [3.05, 3.63) is 22.8 Å². The molecule has 0 radical (unpaired) electrons. The molecular formula is C17H27NO. The Morgan fingerprint density at radius 2 is 2.21 bits per heavy atom. The highest BCUT2D eigenvalue weighted by Gasteiger charge is 2.42. The van der Waals surface area contributed by atoms with Crippen molar-refractivity contribution in [1.29, 1.82) is 0 Å². The van der Waals surface area contributed by atoms with E-state index >= 15 is 0 Å². The first-order chi connectivity index (χ1) is 9.24. The molecule has 0 aromatic heterocycles. The van der Waals surface area contributed by atoms with Crippen molar-refractivity contribution < 1.29 is 4.74 Å². The number of rotatable bonds is 3. The Morgan fingerprint density at radius 1 is 1.32 bits per heavy atom. The van der Waals surface area contributed by atoms with E-state index in [9.17, 15) is 0 Å². The van der Waals surface area contributed by atoms with Crippen molar-refractivity contribution in [2.45, 2.75) is 77.0 Å². The predicted molar refractivity (Wildman–Crippen MR) is 79.0 cm³/mol. The highest BCUT2D eigenvalue weighted by atomic mass is 16.5. The van der Waals surface area contributed by atoms with Gasteiger partial charge in [0.15, 0.2) is 0 Å². The second kappa shape index (κ2) is 5.41. The fourth-order valence-electron chi connectivity index (χ4n) is 3.92. The number of ether oxygens (including phenoxy) is 1. The van der Waals surface area contributed by atoms with E-state index in [1.807, 2.05) is 0 Å². The Kier molecular flexibility index (Phi) is 3.81. The van der Waals surface area contributed by atoms with Crippen LogP contribution in [-0.2, 0) is 4.74 Å². The number of hydrogen-bond acceptors (Lipinski definition) is 2. The van der Waals surface area contributed by atoms with Gasteiger partial charge in [0.25, 0.3) is 0 Å². The molecule has 2 atom stereocenters. The molecule has 0 spiro atoms. The van der Waals surface area contributed by atoms with Crippen molar-refractivity contribution in [2.75, 3.05) is 6.54 Å². The topological polar surface area (TPSA) is 21.3 Å². The van der Waals surface area contributed by atoms with Gasteiger partial charge in [-0.1, -0.05) is 13.0 Å². The SMILES string of the molecule is CCCNC1O[C@@]2(C)CCCCC2=C2CCCC=C21. The van der Waals surface area contributed by atoms with Gasteiger partial charge in [-0.15, -0.1) is 0 Å². The zero-order valence-corrected chi connectivity index (χ0v) is 12.4. The smallest absolute Gasteiger partial charge is 0.135 e. The minimum absolute atomic E-state index is 0.00761. The lowest BCUT2D eigenvalue weighted by molar-refractivity contribution is -0.0783. The van der Waals surface area contributed by atoms with Crippen LogP contribution in [0, 0.1) is 0 Å². The van der Waals surface area contributed by atoms with Crippen LogP contribution >= 0.6 is 0 Å². The fraction of sp³-hybridized carbons (Fsp3) is 0.765. The maximum atomic E-state index is 6.51. The number of fused-ring (bicyclic) bond motifs is 2. The van der Waals surface area contributed by atoms with Gasteiger partial charge in [0.2, 0.25) is 0 Å². The zero-order valence-electron chi connectivity index (χ0n) is 12.4. The first-order valence-corrected chi connectivity index (χ1v) is 8.09. The molecule has 106 valence electrons. The molecule has 19 heavy (non-hydrogen) atoms. The van der Waals surface area contributed by atoms with Gasteiger partial charge in [-0.25, -0.2) is 0 Å². The van der Waals surface area contributed by atoms with Crippen LogP contribution in [0.1, 0.15) is 65.2 Å². The molecule has 1 aliphatic heterocycles. The predicted octanol–water partition coefficient (Wildman–Crippen LogP) is 4.08. The van der Waals surface area contributed by atoms with Crippen molar-refractivity contribution in [3.63, 3.8) is 0 Å². The molecule has 0 saturated heterocycles. The normalized spacial score (nSPS) is 34.6. The van der Waals surface area contributed by atoms with Gasteiger partial charge in [-0.2, -0.15) is 0 Å². The summed E-state index contributed by atoms with van der Waals surface area (Å²) in [7, 11) is 0. The third-order valence-electron chi connectivity index (χ3n) is 4.92. The summed E-state index contributed by atoms with van der Waals surface area (Å²) in [6.45, 7) is 5.58. The van der Waals surface area contributed by atoms with Crippen LogP contribution in [0.15, 0.2) is 22.8 Å². The third-order valence-corrected chi connectivity index (χ3v) is 4.92. The van der Waals surface area contributed by atoms with Crippen molar-refractivity contribution in [2.24, 2.45) is 0 Å². The third kappa shape index (κ3) is 2.41. The van der Waals surface area contributed by atoms with E-state index in [1.165, 1.54) is 50.5 Å². The van der Waals surface area contributed by atoms with Crippen LogP contribution < -0.4 is 5.32 Å². The summed E-state index contributed by atoms with van der Waals surface area (Å²) in [6.07, 6.45) is 12.6. The number of allylic oxidation sites excluding steroid dienone is 1. The van der Waals surface area contributed by atoms with E-state index < -0.39 is 0 Å². The summed E-state index contributed by atoms with van der Waals surface area (Å²) in [5.74, 6) is 0. The Morgan fingerprint density at radius 3 is 3.05 bits per heavy atom. The van der Waals surface area contributed by atoms with Crippen LogP contribution in [0.2, 0.25) is 0 Å². The first-order valence-electron chi connectivity index (χ1n) is 8.09. The molecule has 3 rings (SSSR count). The molecule has 1 N–H and O–H groups in total. The van der Waals surface area contributed by atoms with Crippen molar-refractivity contribution >= 4 is 0 Å². The Labute approximate surface area is 117 Å². The standard InChI is InChI=1S/C17H27NO/c1-3-12-18-16-14-9-5-4-8-13(14)15-10-6-7-11-17(15,2)19-16/h9,16,18H,3-8,10-12H2,1-2H3/t16?,17-/m0/s1. The summed E-state index contributed by atoms with van der Waals surface area (Å²) in [5.41, 5.74) is 4.75. The molecule has 0 bridgehead atoms. The quantitative estimate of drug-likeness (QED) is 0.826. The molecule has 1 heterocycles. The Hall–Kier alpha value is -0.600. The summed E-state index contributed by atoms with van der Waals surface area (Å²) in [4.78, 5) is 0. The van der Waals surface area contributed by atoms with Gasteiger partial charge in [-0.05, 0) is 81.6 Å². The Balaban J connectivity index is 1.95. The lowest BCUT2D eigenvalue weighted by Crippen LogP contribution is -2.49. The second-order valence-electron chi connectivity index (χ2n) is 6.40. The number of hydrogen-bond donors (Lipinski definition) is 1. The van der Waals surface area contributed by atoms with Gasteiger partial charge < -0.3 is 4.74 Å². The van der Waals surface area contributed by atoms with E-state index in [0.29, 0.717) is 0 Å². The van der Waals surface area contributed by atoms with E-state index in [-0.39, 0.29) is 11.8 Å². The highest BCUT2D eigenvalue weighted by Crippen LogP contribution is 2.47. The van der Waals surface area contributed by atoms with Crippen LogP contribution in [-0.4, -0.2) is 18.4 Å². The minimum Gasteiger partial charge on any atom is -0.349 e. The first kappa shape index (κ1) is 13.4. The van der Waals surface area contributed by atoms with E-state index in [4.69, 9.17) is 4.74 Å². The van der Waals surface area contributed by atoms with Crippen LogP contribution in [0.25, 0.3) is 0 Å². The summed E-state index contributed by atoms with van der Waals surface area (Å²) >= 11 is 0. The molecule has 1 fully saturated rings. The molecule has 2 heteroatoms. The largest absolute Gasteiger partial charge is 0.349 e. The Bertz CT molecular complexity index is 409. The van der Waals surface area contributed by atoms with Crippen molar-refractivity contribution in [1.82, 2.24) is 5.32 Å². The fourth-order valence-corrected chi connectivity index (χ4v) is 3.92. The van der Waals surface area contributed by atoms with Crippen LogP contribution in [0.3, 0.4) is 0 Å². The van der Waals surface area contributed by atoms with Crippen LogP contribution in [0.5, 0.6) is 0 Å².